The molecule has 2 aliphatic heterocycles. The lowest BCUT2D eigenvalue weighted by Gasteiger charge is -2.38. The van der Waals surface area contributed by atoms with Crippen molar-refractivity contribution in [3.05, 3.63) is 75.9 Å². The molecule has 1 N–H and O–H groups in total. The van der Waals surface area contributed by atoms with Crippen molar-refractivity contribution in [3.63, 3.8) is 0 Å². The Labute approximate surface area is 258 Å². The Balaban J connectivity index is 1.54. The van der Waals surface area contributed by atoms with Crippen molar-refractivity contribution in [1.29, 1.82) is 0 Å². The van der Waals surface area contributed by atoms with E-state index >= 15 is 0 Å². The van der Waals surface area contributed by atoms with E-state index in [0.29, 0.717) is 53.1 Å². The Morgan fingerprint density at radius 3 is 2.66 bits per heavy atom. The van der Waals surface area contributed by atoms with E-state index in [-0.39, 0.29) is 41.8 Å². The van der Waals surface area contributed by atoms with Gasteiger partial charge in [0, 0.05) is 47.5 Å². The van der Waals surface area contributed by atoms with Gasteiger partial charge in [-0.2, -0.15) is 0 Å². The van der Waals surface area contributed by atoms with Crippen molar-refractivity contribution in [1.82, 2.24) is 9.88 Å². The number of aromatic nitrogens is 1. The lowest BCUT2D eigenvalue weighted by atomic mass is 9.92. The number of rotatable bonds is 5. The van der Waals surface area contributed by atoms with Crippen LogP contribution in [0.25, 0.3) is 11.1 Å². The highest BCUT2D eigenvalue weighted by atomic mass is 35.5. The summed E-state index contributed by atoms with van der Waals surface area (Å²) in [4.78, 5) is 44.6. The molecule has 3 atom stereocenters. The van der Waals surface area contributed by atoms with Gasteiger partial charge in [-0.3, -0.25) is 9.59 Å². The van der Waals surface area contributed by atoms with Gasteiger partial charge < -0.3 is 24.4 Å². The molecule has 2 bridgehead atoms. The minimum atomic E-state index is -1.15. The van der Waals surface area contributed by atoms with E-state index in [4.69, 9.17) is 25.8 Å². The van der Waals surface area contributed by atoms with Gasteiger partial charge in [-0.25, -0.2) is 18.6 Å². The summed E-state index contributed by atoms with van der Waals surface area (Å²) in [6.07, 6.45) is 1.39. The number of amides is 2. The number of ether oxygens (including phenoxy) is 3. The fraction of sp³-hybridized carbons (Fsp3) is 0.375. The zero-order valence-corrected chi connectivity index (χ0v) is 25.2. The van der Waals surface area contributed by atoms with Crippen LogP contribution in [0.15, 0.2) is 42.6 Å². The summed E-state index contributed by atoms with van der Waals surface area (Å²) in [7, 11) is 2.79. The number of benzene rings is 2. The lowest BCUT2D eigenvalue weighted by Crippen LogP contribution is -2.42. The molecule has 2 aliphatic rings. The number of anilines is 1. The average Bonchev–Trinajstić information content (AvgIpc) is 3.01. The Morgan fingerprint density at radius 2 is 1.93 bits per heavy atom. The fourth-order valence-electron chi connectivity index (χ4n) is 5.72. The Bertz CT molecular complexity index is 1600. The summed E-state index contributed by atoms with van der Waals surface area (Å²) in [5.74, 6) is -2.46. The number of carbonyl (C=O) groups excluding carboxylic acids is 3. The van der Waals surface area contributed by atoms with Crippen molar-refractivity contribution < 1.29 is 37.4 Å². The molecule has 44 heavy (non-hydrogen) atoms. The Hall–Kier alpha value is -4.25. The Kier molecular flexibility index (Phi) is 9.33. The molecule has 5 rings (SSSR count). The zero-order chi connectivity index (χ0) is 31.5. The van der Waals surface area contributed by atoms with Gasteiger partial charge in [0.05, 0.1) is 37.3 Å². The molecule has 1 aromatic heterocycles. The summed E-state index contributed by atoms with van der Waals surface area (Å²) >= 11 is 5.88. The predicted octanol–water partition coefficient (Wildman–Crippen LogP) is 6.79. The van der Waals surface area contributed by atoms with E-state index in [1.165, 1.54) is 19.1 Å². The number of carbonyl (C=O) groups is 3. The fourth-order valence-corrected chi connectivity index (χ4v) is 5.89. The van der Waals surface area contributed by atoms with Crippen LogP contribution in [0.3, 0.4) is 0 Å². The van der Waals surface area contributed by atoms with Crippen LogP contribution in [0.5, 0.6) is 5.88 Å². The summed E-state index contributed by atoms with van der Waals surface area (Å²) in [5.41, 5.74) is 2.70. The number of hydrogen-bond acceptors (Lipinski definition) is 7. The molecule has 2 amide bonds. The molecule has 0 aliphatic carbocycles. The molecule has 9 nitrogen and oxygen atoms in total. The molecule has 0 saturated carbocycles. The molecule has 12 heteroatoms. The van der Waals surface area contributed by atoms with Crippen LogP contribution in [0.4, 0.5) is 19.3 Å². The number of esters is 1. The summed E-state index contributed by atoms with van der Waals surface area (Å²) in [6, 6.07) is 8.74. The quantitative estimate of drug-likeness (QED) is 0.245. The molecular weight excluding hydrogens is 596 g/mol. The monoisotopic (exact) mass is 627 g/mol. The van der Waals surface area contributed by atoms with Crippen molar-refractivity contribution in [3.8, 4) is 17.0 Å². The van der Waals surface area contributed by atoms with Crippen LogP contribution in [0.2, 0.25) is 5.02 Å². The van der Waals surface area contributed by atoms with Gasteiger partial charge in [-0.05, 0) is 42.7 Å². The molecule has 1 fully saturated rings. The molecule has 0 spiro atoms. The minimum absolute atomic E-state index is 0.0322. The number of pyridine rings is 1. The van der Waals surface area contributed by atoms with Gasteiger partial charge in [0.25, 0.3) is 0 Å². The standard InChI is InChI=1S/C32H32ClF2N3O6/c1-17-5-4-6-25(38-12-11-26(44-32(38)41)28-23(34)10-9-22(33)29(28)35)21-15-19(16-36-31(21)43-3)20-8-7-18(14-27(39)42-2)13-24(20)37-30(17)40/h7-10,13,15-17,25-26H,4-6,11-12,14H2,1-3H3,(H,37,40)/t17-,25?,26-/m1/s1. The summed E-state index contributed by atoms with van der Waals surface area (Å²) in [5, 5.41) is 2.75. The van der Waals surface area contributed by atoms with Gasteiger partial charge in [-0.15, -0.1) is 0 Å². The van der Waals surface area contributed by atoms with Gasteiger partial charge in [0.1, 0.15) is 11.9 Å². The van der Waals surface area contributed by atoms with Gasteiger partial charge >= 0.3 is 12.1 Å². The topological polar surface area (TPSA) is 107 Å². The van der Waals surface area contributed by atoms with Crippen LogP contribution in [0, 0.1) is 17.6 Å². The van der Waals surface area contributed by atoms with E-state index in [1.54, 1.807) is 24.4 Å². The number of methoxy groups -OCH3 is 2. The third-order valence-electron chi connectivity index (χ3n) is 8.11. The van der Waals surface area contributed by atoms with Crippen LogP contribution in [-0.2, 0) is 25.5 Å². The number of nitrogens with zero attached hydrogens (tertiary/aromatic N) is 2. The number of hydrogen-bond donors (Lipinski definition) is 1. The number of halogens is 3. The van der Waals surface area contributed by atoms with Crippen LogP contribution in [0.1, 0.15) is 61.4 Å². The van der Waals surface area contributed by atoms with E-state index in [9.17, 15) is 23.2 Å². The SMILES string of the molecule is COC(=O)Cc1ccc2c(c1)NC(=O)[C@H](C)CCCC(N1CC[C@H](c3c(F)ccc(Cl)c3F)OC1=O)c1cc-2cnc1OC. The molecule has 0 radical (unpaired) electrons. The van der Waals surface area contributed by atoms with E-state index in [1.807, 2.05) is 13.0 Å². The molecule has 2 aromatic carbocycles. The third-order valence-corrected chi connectivity index (χ3v) is 8.40. The first-order valence-electron chi connectivity index (χ1n) is 14.3. The molecule has 3 heterocycles. The Morgan fingerprint density at radius 1 is 1.14 bits per heavy atom. The van der Waals surface area contributed by atoms with Crippen molar-refractivity contribution in [2.24, 2.45) is 5.92 Å². The maximum Gasteiger partial charge on any atom is 0.410 e. The molecule has 232 valence electrons. The highest BCUT2D eigenvalue weighted by molar-refractivity contribution is 6.30. The first kappa shape index (κ1) is 31.2. The van der Waals surface area contributed by atoms with Crippen LogP contribution in [-0.4, -0.2) is 48.6 Å². The highest BCUT2D eigenvalue weighted by Crippen LogP contribution is 2.41. The first-order valence-corrected chi connectivity index (χ1v) is 14.6. The second kappa shape index (κ2) is 13.2. The average molecular weight is 628 g/mol. The first-order chi connectivity index (χ1) is 21.1. The van der Waals surface area contributed by atoms with Crippen molar-refractivity contribution >= 4 is 35.3 Å². The second-order valence-corrected chi connectivity index (χ2v) is 11.3. The van der Waals surface area contributed by atoms with Crippen LogP contribution >= 0.6 is 11.6 Å². The van der Waals surface area contributed by atoms with Crippen molar-refractivity contribution in [2.75, 3.05) is 26.1 Å². The van der Waals surface area contributed by atoms with Gasteiger partial charge in [-0.1, -0.05) is 37.1 Å². The van der Waals surface area contributed by atoms with E-state index in [2.05, 4.69) is 10.3 Å². The molecule has 3 aromatic rings. The normalized spacial score (nSPS) is 20.4. The molecular formula is C32H32ClF2N3O6. The number of nitrogens with one attached hydrogen (secondary N) is 1. The lowest BCUT2D eigenvalue weighted by molar-refractivity contribution is -0.139. The van der Waals surface area contributed by atoms with Crippen LogP contribution < -0.4 is 10.1 Å². The van der Waals surface area contributed by atoms with E-state index < -0.39 is 35.8 Å². The maximum absolute atomic E-state index is 14.8. The number of cyclic esters (lactones) is 1. The third kappa shape index (κ3) is 6.33. The van der Waals surface area contributed by atoms with Crippen molar-refractivity contribution in [2.45, 2.75) is 51.2 Å². The number of fused-ring (bicyclic) bond motifs is 4. The predicted molar refractivity (Wildman–Crippen MR) is 158 cm³/mol. The smallest absolute Gasteiger partial charge is 0.410 e. The molecule has 1 saturated heterocycles. The van der Waals surface area contributed by atoms with Gasteiger partial charge in [0.15, 0.2) is 5.82 Å². The largest absolute Gasteiger partial charge is 0.481 e. The highest BCUT2D eigenvalue weighted by Gasteiger charge is 2.38. The maximum atomic E-state index is 14.8. The molecule has 1 unspecified atom stereocenters. The summed E-state index contributed by atoms with van der Waals surface area (Å²) < 4.78 is 45.4. The van der Waals surface area contributed by atoms with E-state index in [0.717, 1.165) is 12.1 Å². The minimum Gasteiger partial charge on any atom is -0.481 e. The zero-order valence-electron chi connectivity index (χ0n) is 24.5. The summed E-state index contributed by atoms with van der Waals surface area (Å²) in [6.45, 7) is 1.96. The van der Waals surface area contributed by atoms with Gasteiger partial charge in [0.2, 0.25) is 11.8 Å². The second-order valence-electron chi connectivity index (χ2n) is 10.9.